The van der Waals surface area contributed by atoms with Crippen LogP contribution in [-0.2, 0) is 14.7 Å². The lowest BCUT2D eigenvalue weighted by Gasteiger charge is -2.20. The van der Waals surface area contributed by atoms with Crippen molar-refractivity contribution in [2.75, 3.05) is 6.61 Å². The molecular formula is C8H16O3SSi. The molecule has 0 spiro atoms. The summed E-state index contributed by atoms with van der Waals surface area (Å²) in [6.07, 6.45) is 4.18. The highest BCUT2D eigenvalue weighted by Gasteiger charge is 2.14. The van der Waals surface area contributed by atoms with Crippen molar-refractivity contribution in [2.45, 2.75) is 37.8 Å². The van der Waals surface area contributed by atoms with Crippen LogP contribution in [0.3, 0.4) is 0 Å². The van der Waals surface area contributed by atoms with Gasteiger partial charge in [0, 0.05) is 12.0 Å². The van der Waals surface area contributed by atoms with Gasteiger partial charge in [-0.25, -0.2) is 0 Å². The maximum absolute atomic E-state index is 10.2. The molecule has 1 aliphatic rings. The maximum atomic E-state index is 10.2. The molecule has 1 fully saturated rings. The average Bonchev–Trinajstić information content (AvgIpc) is 2.14. The van der Waals surface area contributed by atoms with E-state index in [1.807, 2.05) is 0 Å². The van der Waals surface area contributed by atoms with E-state index < -0.39 is 19.3 Å². The first-order valence-corrected chi connectivity index (χ1v) is 8.06. The molecule has 3 nitrogen and oxygen atoms in total. The predicted molar refractivity (Wildman–Crippen MR) is 56.2 cm³/mol. The lowest BCUT2D eigenvalue weighted by atomic mass is 10.4. The Morgan fingerprint density at radius 2 is 2.23 bits per heavy atom. The van der Waals surface area contributed by atoms with E-state index in [1.165, 1.54) is 24.3 Å². The molecule has 1 saturated heterocycles. The van der Waals surface area contributed by atoms with Crippen LogP contribution in [0.15, 0.2) is 0 Å². The van der Waals surface area contributed by atoms with Gasteiger partial charge in [-0.3, -0.25) is 0 Å². The molecule has 1 unspecified atom stereocenters. The second kappa shape index (κ2) is 6.34. The smallest absolute Gasteiger partial charge is 0.209 e. The minimum absolute atomic E-state index is 0.684. The van der Waals surface area contributed by atoms with Crippen LogP contribution < -0.4 is 0 Å². The number of unbranched alkanes of at least 4 members (excludes halogenated alkanes) is 1. The summed E-state index contributed by atoms with van der Waals surface area (Å²) in [6.45, 7) is 0.939. The zero-order valence-electron chi connectivity index (χ0n) is 7.74. The molecule has 0 N–H and O–H groups in total. The number of rotatable bonds is 4. The lowest BCUT2D eigenvalue weighted by molar-refractivity contribution is 0.286. The maximum Gasteiger partial charge on any atom is 0.209 e. The highest BCUT2D eigenvalue weighted by atomic mass is 32.2. The topological polar surface area (TPSA) is 43.4 Å². The highest BCUT2D eigenvalue weighted by Crippen LogP contribution is 2.15. The SMILES string of the molecule is O=S(=O)=CCCC[SiH]1CCCCO1. The van der Waals surface area contributed by atoms with Crippen LogP contribution in [0.4, 0.5) is 0 Å². The lowest BCUT2D eigenvalue weighted by Crippen LogP contribution is -2.22. The summed E-state index contributed by atoms with van der Waals surface area (Å²) in [7, 11) is -2.88. The fraction of sp³-hybridized carbons (Fsp3) is 0.875. The van der Waals surface area contributed by atoms with Gasteiger partial charge in [-0.1, -0.05) is 6.42 Å². The Balaban J connectivity index is 2.07. The Morgan fingerprint density at radius 3 is 2.85 bits per heavy atom. The van der Waals surface area contributed by atoms with Crippen LogP contribution in [0.2, 0.25) is 12.1 Å². The first-order valence-electron chi connectivity index (χ1n) is 4.82. The van der Waals surface area contributed by atoms with Crippen molar-refractivity contribution in [3.63, 3.8) is 0 Å². The summed E-state index contributed by atoms with van der Waals surface area (Å²) >= 11 is 0. The zero-order valence-corrected chi connectivity index (χ0v) is 9.71. The fourth-order valence-electron chi connectivity index (χ4n) is 1.56. The monoisotopic (exact) mass is 220 g/mol. The number of hydrogen-bond donors (Lipinski definition) is 0. The standard InChI is InChI=1S/C8H16O3SSi/c9-12(10)6-2-4-8-13-7-3-1-5-11-13/h6,13H,1-5,7-8H2. The van der Waals surface area contributed by atoms with Gasteiger partial charge >= 0.3 is 0 Å². The summed E-state index contributed by atoms with van der Waals surface area (Å²) in [5.41, 5.74) is 0. The minimum Gasteiger partial charge on any atom is -0.420 e. The Labute approximate surface area is 82.4 Å². The summed E-state index contributed by atoms with van der Waals surface area (Å²) < 4.78 is 26.0. The molecule has 13 heavy (non-hydrogen) atoms. The second-order valence-corrected chi connectivity index (χ2v) is 6.93. The van der Waals surface area contributed by atoms with Gasteiger partial charge in [0.2, 0.25) is 10.3 Å². The van der Waals surface area contributed by atoms with Crippen LogP contribution in [0.25, 0.3) is 0 Å². The van der Waals surface area contributed by atoms with Gasteiger partial charge in [0.1, 0.15) is 0 Å². The molecule has 76 valence electrons. The normalized spacial score (nSPS) is 22.6. The predicted octanol–water partition coefficient (Wildman–Crippen LogP) is 0.982. The molecule has 5 heteroatoms. The van der Waals surface area contributed by atoms with Crippen molar-refractivity contribution in [1.82, 2.24) is 0 Å². The molecule has 1 aliphatic heterocycles. The molecule has 1 atom stereocenters. The Kier molecular flexibility index (Phi) is 5.34. The summed E-state index contributed by atoms with van der Waals surface area (Å²) in [6, 6.07) is 2.41. The molecule has 0 bridgehead atoms. The highest BCUT2D eigenvalue weighted by molar-refractivity contribution is 7.71. The fourth-order valence-corrected chi connectivity index (χ4v) is 4.48. The molecule has 0 radical (unpaired) electrons. The molecule has 0 aromatic carbocycles. The number of hydrogen-bond acceptors (Lipinski definition) is 3. The molecule has 1 rings (SSSR count). The van der Waals surface area contributed by atoms with E-state index >= 15 is 0 Å². The molecule has 0 saturated carbocycles. The van der Waals surface area contributed by atoms with Crippen LogP contribution in [-0.4, -0.2) is 29.4 Å². The van der Waals surface area contributed by atoms with E-state index in [1.54, 1.807) is 0 Å². The van der Waals surface area contributed by atoms with Crippen molar-refractivity contribution in [1.29, 1.82) is 0 Å². The Morgan fingerprint density at radius 1 is 1.38 bits per heavy atom. The first kappa shape index (κ1) is 10.9. The van der Waals surface area contributed by atoms with Crippen LogP contribution in [0.5, 0.6) is 0 Å². The van der Waals surface area contributed by atoms with Gasteiger partial charge < -0.3 is 4.43 Å². The van der Waals surface area contributed by atoms with Crippen LogP contribution in [0.1, 0.15) is 25.7 Å². The van der Waals surface area contributed by atoms with Crippen molar-refractivity contribution in [3.05, 3.63) is 0 Å². The summed E-state index contributed by atoms with van der Waals surface area (Å²) in [4.78, 5) is 0. The van der Waals surface area contributed by atoms with E-state index in [9.17, 15) is 8.42 Å². The van der Waals surface area contributed by atoms with E-state index in [4.69, 9.17) is 4.43 Å². The largest absolute Gasteiger partial charge is 0.420 e. The third-order valence-corrected chi connectivity index (χ3v) is 5.58. The van der Waals surface area contributed by atoms with Gasteiger partial charge in [-0.15, -0.1) is 0 Å². The summed E-state index contributed by atoms with van der Waals surface area (Å²) in [5.74, 6) is 0. The van der Waals surface area contributed by atoms with E-state index in [2.05, 4.69) is 0 Å². The van der Waals surface area contributed by atoms with E-state index in [0.717, 1.165) is 19.1 Å². The van der Waals surface area contributed by atoms with Crippen molar-refractivity contribution in [3.8, 4) is 0 Å². The molecule has 0 aliphatic carbocycles. The van der Waals surface area contributed by atoms with Gasteiger partial charge in [-0.2, -0.15) is 8.42 Å². The van der Waals surface area contributed by atoms with Gasteiger partial charge in [0.15, 0.2) is 9.04 Å². The van der Waals surface area contributed by atoms with Crippen LogP contribution >= 0.6 is 0 Å². The van der Waals surface area contributed by atoms with Crippen molar-refractivity contribution >= 4 is 24.7 Å². The zero-order chi connectivity index (χ0) is 9.52. The molecule has 0 aromatic heterocycles. The minimum atomic E-state index is -1.97. The molecule has 0 aromatic rings. The second-order valence-electron chi connectivity index (χ2n) is 3.35. The van der Waals surface area contributed by atoms with Gasteiger partial charge in [0.25, 0.3) is 0 Å². The van der Waals surface area contributed by atoms with E-state index in [-0.39, 0.29) is 0 Å². The van der Waals surface area contributed by atoms with Gasteiger partial charge in [0.05, 0.1) is 0 Å². The van der Waals surface area contributed by atoms with Crippen LogP contribution in [0, 0.1) is 0 Å². The summed E-state index contributed by atoms with van der Waals surface area (Å²) in [5, 5.41) is 1.34. The third-order valence-electron chi connectivity index (χ3n) is 2.26. The molecule has 0 amide bonds. The van der Waals surface area contributed by atoms with Crippen molar-refractivity contribution in [2.24, 2.45) is 0 Å². The first-order chi connectivity index (χ1) is 6.29. The Hall–Kier alpha value is -0.133. The third kappa shape index (κ3) is 5.23. The van der Waals surface area contributed by atoms with Gasteiger partial charge in [-0.05, 0) is 31.4 Å². The molecule has 1 heterocycles. The molecular weight excluding hydrogens is 204 g/mol. The average molecular weight is 220 g/mol. The quantitative estimate of drug-likeness (QED) is 0.403. The van der Waals surface area contributed by atoms with Crippen molar-refractivity contribution < 1.29 is 12.8 Å². The Bertz CT molecular complexity index is 247. The van der Waals surface area contributed by atoms with E-state index in [0.29, 0.717) is 6.42 Å².